The van der Waals surface area contributed by atoms with Crippen molar-refractivity contribution in [3.8, 4) is 11.5 Å². The molecule has 1 amide bonds. The van der Waals surface area contributed by atoms with Crippen molar-refractivity contribution >= 4 is 21.4 Å². The monoisotopic (exact) mass is 428 g/mol. The van der Waals surface area contributed by atoms with Gasteiger partial charge in [-0.25, -0.2) is 8.42 Å². The van der Waals surface area contributed by atoms with Crippen molar-refractivity contribution < 1.29 is 31.1 Å². The molecule has 0 aromatic heterocycles. The fourth-order valence-electron chi connectivity index (χ4n) is 3.30. The van der Waals surface area contributed by atoms with Gasteiger partial charge in [0.2, 0.25) is 0 Å². The van der Waals surface area contributed by atoms with Crippen LogP contribution in [0, 0.1) is 0 Å². The molecular formula is C19H19F3N2O4S. The van der Waals surface area contributed by atoms with Crippen LogP contribution in [-0.4, -0.2) is 38.2 Å². The number of ether oxygens (including phenoxy) is 1. The second kappa shape index (κ2) is 7.58. The number of alkyl halides is 3. The van der Waals surface area contributed by atoms with Crippen LogP contribution in [0.25, 0.3) is 0 Å². The van der Waals surface area contributed by atoms with Gasteiger partial charge in [-0.1, -0.05) is 0 Å². The van der Waals surface area contributed by atoms with Crippen LogP contribution in [0.3, 0.4) is 0 Å². The van der Waals surface area contributed by atoms with Gasteiger partial charge >= 0.3 is 12.1 Å². The Hall–Kier alpha value is -2.75. The van der Waals surface area contributed by atoms with Crippen molar-refractivity contribution in [2.45, 2.75) is 30.0 Å². The zero-order chi connectivity index (χ0) is 21.4. The van der Waals surface area contributed by atoms with Crippen molar-refractivity contribution in [2.24, 2.45) is 0 Å². The van der Waals surface area contributed by atoms with E-state index < -0.39 is 28.0 Å². The lowest BCUT2D eigenvalue weighted by Crippen LogP contribution is -2.40. The number of hydrogen-bond acceptors (Lipinski definition) is 5. The van der Waals surface area contributed by atoms with E-state index in [1.807, 2.05) is 0 Å². The van der Waals surface area contributed by atoms with E-state index in [9.17, 15) is 26.4 Å². The Bertz CT molecular complexity index is 1020. The van der Waals surface area contributed by atoms with Crippen molar-refractivity contribution in [2.75, 3.05) is 18.5 Å². The molecule has 10 heteroatoms. The Balaban J connectivity index is 1.93. The molecule has 1 fully saturated rings. The quantitative estimate of drug-likeness (QED) is 0.751. The van der Waals surface area contributed by atoms with E-state index in [0.29, 0.717) is 29.8 Å². The highest BCUT2D eigenvalue weighted by Crippen LogP contribution is 2.41. The molecule has 3 rings (SSSR count). The molecule has 1 atom stereocenters. The standard InChI is InChI=1S/C19H19F3N2O4S/c1-29(26,27)14-7-5-13(6-8-14)28-17-9-4-12(23)11-15(17)16-3-2-10-24(16)18(25)19(20,21)22/h4-9,11,16H,2-3,10,23H2,1H3. The number of carbonyl (C=O) groups excluding carboxylic acids is 1. The van der Waals surface area contributed by atoms with Crippen LogP contribution in [0.15, 0.2) is 47.4 Å². The molecule has 1 unspecified atom stereocenters. The zero-order valence-corrected chi connectivity index (χ0v) is 16.3. The summed E-state index contributed by atoms with van der Waals surface area (Å²) in [6.45, 7) is -0.0136. The Kier molecular flexibility index (Phi) is 5.48. The predicted octanol–water partition coefficient (Wildman–Crippen LogP) is 3.69. The minimum absolute atomic E-state index is 0.0136. The molecule has 2 N–H and O–H groups in total. The average molecular weight is 428 g/mol. The first kappa shape index (κ1) is 21.0. The normalized spacial score (nSPS) is 17.4. The summed E-state index contributed by atoms with van der Waals surface area (Å²) < 4.78 is 67.8. The highest BCUT2D eigenvalue weighted by Gasteiger charge is 2.46. The lowest BCUT2D eigenvalue weighted by Gasteiger charge is -2.27. The van der Waals surface area contributed by atoms with Crippen LogP contribution in [0.5, 0.6) is 11.5 Å². The summed E-state index contributed by atoms with van der Waals surface area (Å²) >= 11 is 0. The molecule has 0 bridgehead atoms. The molecule has 1 aliphatic rings. The van der Waals surface area contributed by atoms with Crippen molar-refractivity contribution in [1.29, 1.82) is 0 Å². The average Bonchev–Trinajstić information content (AvgIpc) is 3.10. The number of likely N-dealkylation sites (tertiary alicyclic amines) is 1. The molecule has 0 radical (unpaired) electrons. The predicted molar refractivity (Wildman–Crippen MR) is 100 cm³/mol. The number of benzene rings is 2. The van der Waals surface area contributed by atoms with Crippen LogP contribution < -0.4 is 10.5 Å². The van der Waals surface area contributed by atoms with E-state index >= 15 is 0 Å². The van der Waals surface area contributed by atoms with E-state index in [2.05, 4.69) is 0 Å². The smallest absolute Gasteiger partial charge is 0.457 e. The number of rotatable bonds is 4. The van der Waals surface area contributed by atoms with E-state index in [4.69, 9.17) is 10.5 Å². The number of anilines is 1. The van der Waals surface area contributed by atoms with Gasteiger partial charge in [0, 0.05) is 24.1 Å². The minimum Gasteiger partial charge on any atom is -0.457 e. The highest BCUT2D eigenvalue weighted by molar-refractivity contribution is 7.90. The molecule has 29 heavy (non-hydrogen) atoms. The number of sulfone groups is 1. The second-order valence-corrected chi connectivity index (χ2v) is 8.81. The van der Waals surface area contributed by atoms with Crippen molar-refractivity contribution in [3.05, 3.63) is 48.0 Å². The molecule has 156 valence electrons. The van der Waals surface area contributed by atoms with Crippen molar-refractivity contribution in [3.63, 3.8) is 0 Å². The summed E-state index contributed by atoms with van der Waals surface area (Å²) in [6.07, 6.45) is -3.13. The molecule has 1 saturated heterocycles. The third kappa shape index (κ3) is 4.64. The summed E-state index contributed by atoms with van der Waals surface area (Å²) in [5.41, 5.74) is 6.51. The molecule has 1 aliphatic heterocycles. The van der Waals surface area contributed by atoms with Gasteiger partial charge < -0.3 is 15.4 Å². The number of hydrogen-bond donors (Lipinski definition) is 1. The van der Waals surface area contributed by atoms with Crippen LogP contribution in [0.1, 0.15) is 24.4 Å². The summed E-state index contributed by atoms with van der Waals surface area (Å²) in [6, 6.07) is 9.37. The Labute approximate surface area is 166 Å². The number of nitrogens with zero attached hydrogens (tertiary/aromatic N) is 1. The maximum atomic E-state index is 13.0. The third-order valence-corrected chi connectivity index (χ3v) is 5.76. The number of halogens is 3. The number of carbonyl (C=O) groups is 1. The number of nitrogens with two attached hydrogens (primary N) is 1. The highest BCUT2D eigenvalue weighted by atomic mass is 32.2. The van der Waals surface area contributed by atoms with Gasteiger partial charge in [-0.05, 0) is 55.3 Å². The van der Waals surface area contributed by atoms with E-state index in [1.54, 1.807) is 0 Å². The Morgan fingerprint density at radius 2 is 1.83 bits per heavy atom. The molecule has 0 spiro atoms. The van der Waals surface area contributed by atoms with Gasteiger partial charge in [0.05, 0.1) is 10.9 Å². The Morgan fingerprint density at radius 3 is 2.41 bits per heavy atom. The largest absolute Gasteiger partial charge is 0.471 e. The van der Waals surface area contributed by atoms with Gasteiger partial charge in [-0.15, -0.1) is 0 Å². The minimum atomic E-state index is -4.97. The number of amides is 1. The van der Waals surface area contributed by atoms with Crippen LogP contribution in [0.2, 0.25) is 0 Å². The molecule has 1 heterocycles. The fraction of sp³-hybridized carbons (Fsp3) is 0.316. The van der Waals surface area contributed by atoms with Crippen LogP contribution >= 0.6 is 0 Å². The molecular weight excluding hydrogens is 409 g/mol. The van der Waals surface area contributed by atoms with Gasteiger partial charge in [0.1, 0.15) is 11.5 Å². The summed E-state index contributed by atoms with van der Waals surface area (Å²) in [4.78, 5) is 12.7. The van der Waals surface area contributed by atoms with Gasteiger partial charge in [0.25, 0.3) is 0 Å². The van der Waals surface area contributed by atoms with Crippen LogP contribution in [-0.2, 0) is 14.6 Å². The first-order valence-electron chi connectivity index (χ1n) is 8.72. The first-order valence-corrected chi connectivity index (χ1v) is 10.6. The maximum Gasteiger partial charge on any atom is 0.471 e. The summed E-state index contributed by atoms with van der Waals surface area (Å²) in [5.74, 6) is -1.35. The molecule has 2 aromatic carbocycles. The van der Waals surface area contributed by atoms with Gasteiger partial charge in [-0.2, -0.15) is 13.2 Å². The van der Waals surface area contributed by atoms with E-state index in [-0.39, 0.29) is 17.2 Å². The zero-order valence-electron chi connectivity index (χ0n) is 15.4. The summed E-state index contributed by atoms with van der Waals surface area (Å²) in [7, 11) is -3.37. The van der Waals surface area contributed by atoms with Crippen LogP contribution in [0.4, 0.5) is 18.9 Å². The first-order chi connectivity index (χ1) is 13.5. The van der Waals surface area contributed by atoms with Crippen molar-refractivity contribution in [1.82, 2.24) is 4.90 Å². The molecule has 0 saturated carbocycles. The SMILES string of the molecule is CS(=O)(=O)c1ccc(Oc2ccc(N)cc2C2CCCN2C(=O)C(F)(F)F)cc1. The molecule has 2 aromatic rings. The maximum absolute atomic E-state index is 13.0. The summed E-state index contributed by atoms with van der Waals surface area (Å²) in [5, 5.41) is 0. The molecule has 6 nitrogen and oxygen atoms in total. The fourth-order valence-corrected chi connectivity index (χ4v) is 3.93. The molecule has 0 aliphatic carbocycles. The second-order valence-electron chi connectivity index (χ2n) is 6.80. The topological polar surface area (TPSA) is 89.7 Å². The number of nitrogen functional groups attached to an aromatic ring is 1. The van der Waals surface area contributed by atoms with Gasteiger partial charge in [-0.3, -0.25) is 4.79 Å². The van der Waals surface area contributed by atoms with E-state index in [1.165, 1.54) is 42.5 Å². The van der Waals surface area contributed by atoms with Gasteiger partial charge in [0.15, 0.2) is 9.84 Å². The lowest BCUT2D eigenvalue weighted by molar-refractivity contribution is -0.186. The Morgan fingerprint density at radius 1 is 1.17 bits per heavy atom. The lowest BCUT2D eigenvalue weighted by atomic mass is 10.0. The third-order valence-electron chi connectivity index (χ3n) is 4.63. The van der Waals surface area contributed by atoms with E-state index in [0.717, 1.165) is 11.2 Å².